The Morgan fingerprint density at radius 2 is 1.47 bits per heavy atom. The molecule has 1 fully saturated rings. The Morgan fingerprint density at radius 1 is 0.941 bits per heavy atom. The Labute approximate surface area is 111 Å². The van der Waals surface area contributed by atoms with E-state index >= 15 is 0 Å². The van der Waals surface area contributed by atoms with Gasteiger partial charge in [0.15, 0.2) is 0 Å². The highest BCUT2D eigenvalue weighted by Gasteiger charge is 2.21. The van der Waals surface area contributed by atoms with Crippen molar-refractivity contribution in [2.24, 2.45) is 0 Å². The fourth-order valence-corrected chi connectivity index (χ4v) is 2.36. The summed E-state index contributed by atoms with van der Waals surface area (Å²) in [5.74, 6) is 0. The van der Waals surface area contributed by atoms with Crippen molar-refractivity contribution >= 4 is 11.8 Å². The summed E-state index contributed by atoms with van der Waals surface area (Å²) >= 11 is 1.90. The van der Waals surface area contributed by atoms with Crippen LogP contribution in [0.5, 0.6) is 0 Å². The van der Waals surface area contributed by atoms with E-state index in [2.05, 4.69) is 49.0 Å². The maximum atomic E-state index is 3.26. The highest BCUT2D eigenvalue weighted by molar-refractivity contribution is 8.00. The quantitative estimate of drug-likeness (QED) is 0.784. The van der Waals surface area contributed by atoms with Crippen LogP contribution in [0.4, 0.5) is 0 Å². The molecule has 2 rings (SSSR count). The highest BCUT2D eigenvalue weighted by atomic mass is 32.2. The lowest BCUT2D eigenvalue weighted by Gasteiger charge is -2.08. The average molecular weight is 254 g/mol. The third-order valence-electron chi connectivity index (χ3n) is 2.14. The fraction of sp³-hybridized carbons (Fsp3) is 0.571. The van der Waals surface area contributed by atoms with Crippen molar-refractivity contribution in [3.05, 3.63) is 35.4 Å². The van der Waals surface area contributed by atoms with Gasteiger partial charge in [0.1, 0.15) is 0 Å². The van der Waals surface area contributed by atoms with Gasteiger partial charge < -0.3 is 0 Å². The zero-order valence-corrected chi connectivity index (χ0v) is 12.7. The topological polar surface area (TPSA) is 24.1 Å². The van der Waals surface area contributed by atoms with Crippen LogP contribution in [0, 0.1) is 6.92 Å². The zero-order chi connectivity index (χ0) is 13.3. The lowest BCUT2D eigenvalue weighted by atomic mass is 10.1. The molecule has 98 valence electrons. The monoisotopic (exact) mass is 254 g/mol. The molecule has 0 saturated carbocycles. The van der Waals surface area contributed by atoms with Crippen molar-refractivity contribution in [1.82, 2.24) is 10.9 Å². The van der Waals surface area contributed by atoms with E-state index in [1.165, 1.54) is 11.1 Å². The Kier molecular flexibility index (Phi) is 9.23. The maximum absolute atomic E-state index is 3.26. The van der Waals surface area contributed by atoms with Gasteiger partial charge in [-0.15, -0.1) is 11.8 Å². The Balaban J connectivity index is 0.000000581. The lowest BCUT2D eigenvalue weighted by Crippen LogP contribution is -2.28. The first-order valence-electron chi connectivity index (χ1n) is 6.49. The molecule has 0 radical (unpaired) electrons. The SMILES string of the molecule is CC.CC.Cc1ccc(C2NNC(C)S2)cc1. The molecule has 17 heavy (non-hydrogen) atoms. The van der Waals surface area contributed by atoms with Crippen LogP contribution in [-0.2, 0) is 0 Å². The second-order valence-corrected chi connectivity index (χ2v) is 4.81. The standard InChI is InChI=1S/C10H14N2S.2C2H6/c1-7-3-5-9(6-4-7)10-12-11-8(2)13-10;2*1-2/h3-6,8,10-12H,1-2H3;2*1-2H3. The van der Waals surface area contributed by atoms with Gasteiger partial charge in [0, 0.05) is 0 Å². The molecule has 1 aliphatic heterocycles. The number of thioether (sulfide) groups is 1. The number of rotatable bonds is 1. The second kappa shape index (κ2) is 9.51. The molecule has 3 heteroatoms. The van der Waals surface area contributed by atoms with Gasteiger partial charge in [-0.3, -0.25) is 0 Å². The number of hydrazine groups is 1. The zero-order valence-electron chi connectivity index (χ0n) is 11.9. The molecular formula is C14H26N2S. The largest absolute Gasteiger partial charge is 0.244 e. The normalized spacial score (nSPS) is 22.0. The van der Waals surface area contributed by atoms with Crippen LogP contribution in [-0.4, -0.2) is 5.37 Å². The molecule has 0 aliphatic carbocycles. The van der Waals surface area contributed by atoms with Crippen molar-refractivity contribution in [2.45, 2.75) is 52.3 Å². The van der Waals surface area contributed by atoms with Crippen LogP contribution in [0.2, 0.25) is 0 Å². The van der Waals surface area contributed by atoms with Gasteiger partial charge >= 0.3 is 0 Å². The van der Waals surface area contributed by atoms with Crippen LogP contribution < -0.4 is 10.9 Å². The minimum atomic E-state index is 0.399. The number of benzene rings is 1. The summed E-state index contributed by atoms with van der Waals surface area (Å²) in [6, 6.07) is 8.67. The van der Waals surface area contributed by atoms with Crippen molar-refractivity contribution in [3.63, 3.8) is 0 Å². The van der Waals surface area contributed by atoms with Gasteiger partial charge in [-0.25, -0.2) is 10.9 Å². The van der Waals surface area contributed by atoms with E-state index < -0.39 is 0 Å². The maximum Gasteiger partial charge on any atom is 0.0932 e. The summed E-state index contributed by atoms with van der Waals surface area (Å²) in [6.45, 7) is 12.3. The van der Waals surface area contributed by atoms with Gasteiger partial charge in [0.25, 0.3) is 0 Å². The van der Waals surface area contributed by atoms with Gasteiger partial charge in [-0.1, -0.05) is 57.5 Å². The van der Waals surface area contributed by atoms with Gasteiger partial charge in [-0.2, -0.15) is 0 Å². The minimum absolute atomic E-state index is 0.399. The van der Waals surface area contributed by atoms with Crippen molar-refractivity contribution in [3.8, 4) is 0 Å². The van der Waals surface area contributed by atoms with Crippen LogP contribution in [0.15, 0.2) is 24.3 Å². The molecule has 1 heterocycles. The van der Waals surface area contributed by atoms with E-state index in [9.17, 15) is 0 Å². The highest BCUT2D eigenvalue weighted by Crippen LogP contribution is 2.32. The van der Waals surface area contributed by atoms with Crippen LogP contribution in [0.25, 0.3) is 0 Å². The molecule has 0 aromatic heterocycles. The Morgan fingerprint density at radius 3 is 1.88 bits per heavy atom. The Bertz CT molecular complexity index is 285. The molecule has 2 nitrogen and oxygen atoms in total. The van der Waals surface area contributed by atoms with Crippen molar-refractivity contribution in [2.75, 3.05) is 0 Å². The van der Waals surface area contributed by atoms with Gasteiger partial charge in [-0.05, 0) is 19.4 Å². The third kappa shape index (κ3) is 5.57. The van der Waals surface area contributed by atoms with Crippen LogP contribution in [0.3, 0.4) is 0 Å². The summed E-state index contributed by atoms with van der Waals surface area (Å²) in [5, 5.41) is 0.891. The van der Waals surface area contributed by atoms with E-state index in [-0.39, 0.29) is 0 Å². The predicted octanol–water partition coefficient (Wildman–Crippen LogP) is 4.23. The number of aryl methyl sites for hydroxylation is 1. The average Bonchev–Trinajstić information content (AvgIpc) is 2.82. The predicted molar refractivity (Wildman–Crippen MR) is 79.9 cm³/mol. The van der Waals surface area contributed by atoms with E-state index in [1.54, 1.807) is 0 Å². The first kappa shape index (κ1) is 16.5. The van der Waals surface area contributed by atoms with E-state index in [4.69, 9.17) is 0 Å². The van der Waals surface area contributed by atoms with E-state index in [0.717, 1.165) is 0 Å². The smallest absolute Gasteiger partial charge is 0.0932 e. The van der Waals surface area contributed by atoms with Gasteiger partial charge in [0.2, 0.25) is 0 Å². The lowest BCUT2D eigenvalue weighted by molar-refractivity contribution is 0.561. The molecule has 1 aliphatic rings. The van der Waals surface area contributed by atoms with Gasteiger partial charge in [0.05, 0.1) is 10.7 Å². The van der Waals surface area contributed by atoms with Crippen LogP contribution >= 0.6 is 11.8 Å². The second-order valence-electron chi connectivity index (χ2n) is 3.36. The summed E-state index contributed by atoms with van der Waals surface area (Å²) in [7, 11) is 0. The molecule has 2 atom stereocenters. The number of nitrogens with one attached hydrogen (secondary N) is 2. The molecule has 1 aromatic carbocycles. The summed E-state index contributed by atoms with van der Waals surface area (Å²) in [6.07, 6.45) is 0. The minimum Gasteiger partial charge on any atom is -0.244 e. The molecule has 2 N–H and O–H groups in total. The summed E-state index contributed by atoms with van der Waals surface area (Å²) in [4.78, 5) is 0. The van der Waals surface area contributed by atoms with Crippen LogP contribution in [0.1, 0.15) is 51.1 Å². The first-order chi connectivity index (χ1) is 8.25. The van der Waals surface area contributed by atoms with E-state index in [1.807, 2.05) is 39.5 Å². The summed E-state index contributed by atoms with van der Waals surface area (Å²) < 4.78 is 0. The van der Waals surface area contributed by atoms with Crippen molar-refractivity contribution < 1.29 is 0 Å². The summed E-state index contributed by atoms with van der Waals surface area (Å²) in [5.41, 5.74) is 9.10. The molecule has 2 unspecified atom stereocenters. The molecule has 0 bridgehead atoms. The Hall–Kier alpha value is -0.510. The number of hydrogen-bond acceptors (Lipinski definition) is 3. The first-order valence-corrected chi connectivity index (χ1v) is 7.43. The van der Waals surface area contributed by atoms with E-state index in [0.29, 0.717) is 10.7 Å². The third-order valence-corrected chi connectivity index (χ3v) is 3.33. The molecule has 1 saturated heterocycles. The molecule has 0 amide bonds. The number of hydrogen-bond donors (Lipinski definition) is 2. The molecule has 0 spiro atoms. The molecule has 1 aromatic rings. The fourth-order valence-electron chi connectivity index (χ4n) is 1.37. The molecular weight excluding hydrogens is 228 g/mol. The van der Waals surface area contributed by atoms with Crippen molar-refractivity contribution in [1.29, 1.82) is 0 Å².